The Labute approximate surface area is 133 Å². The summed E-state index contributed by atoms with van der Waals surface area (Å²) in [6.07, 6.45) is 5.90. The van der Waals surface area contributed by atoms with Gasteiger partial charge in [-0.1, -0.05) is 46.8 Å². The Hall–Kier alpha value is -0.740. The van der Waals surface area contributed by atoms with E-state index in [2.05, 4.69) is 26.6 Å². The van der Waals surface area contributed by atoms with Gasteiger partial charge in [-0.05, 0) is 38.0 Å². The molecule has 2 rings (SSSR count). The zero-order valence-corrected chi connectivity index (χ0v) is 13.9. The summed E-state index contributed by atoms with van der Waals surface area (Å²) in [5.41, 5.74) is 0.779. The third-order valence-corrected chi connectivity index (χ3v) is 4.45. The number of carbonyl (C=O) groups is 1. The summed E-state index contributed by atoms with van der Waals surface area (Å²) in [5, 5.41) is 6.89. The molecule has 2 N–H and O–H groups in total. The minimum absolute atomic E-state index is 0.0379. The van der Waals surface area contributed by atoms with Gasteiger partial charge in [-0.3, -0.25) is 4.79 Å². The summed E-state index contributed by atoms with van der Waals surface area (Å²) in [4.78, 5) is 12.2. The Morgan fingerprint density at radius 2 is 2.05 bits per heavy atom. The first-order chi connectivity index (χ1) is 9.56. The largest absolute Gasteiger partial charge is 0.373 e. The molecule has 1 atom stereocenters. The zero-order chi connectivity index (χ0) is 14.5. The summed E-state index contributed by atoms with van der Waals surface area (Å²) >= 11 is 9.51. The molecule has 0 aromatic heterocycles. The molecular formula is C15H20BrClN2O. The van der Waals surface area contributed by atoms with Crippen LogP contribution < -0.4 is 10.6 Å². The van der Waals surface area contributed by atoms with Crippen LogP contribution in [0.15, 0.2) is 22.7 Å². The predicted octanol–water partition coefficient (Wildman–Crippen LogP) is 4.35. The number of hydrogen-bond acceptors (Lipinski definition) is 2. The van der Waals surface area contributed by atoms with Gasteiger partial charge in [0.1, 0.15) is 6.04 Å². The molecule has 110 valence electrons. The highest BCUT2D eigenvalue weighted by molar-refractivity contribution is 9.10. The van der Waals surface area contributed by atoms with Gasteiger partial charge in [-0.15, -0.1) is 0 Å². The predicted molar refractivity (Wildman–Crippen MR) is 87.3 cm³/mol. The molecule has 1 saturated carbocycles. The van der Waals surface area contributed by atoms with Crippen molar-refractivity contribution in [2.24, 2.45) is 0 Å². The number of nitrogens with one attached hydrogen (secondary N) is 2. The van der Waals surface area contributed by atoms with E-state index < -0.39 is 0 Å². The molecule has 1 amide bonds. The van der Waals surface area contributed by atoms with Gasteiger partial charge >= 0.3 is 0 Å². The minimum atomic E-state index is -0.296. The maximum absolute atomic E-state index is 12.2. The van der Waals surface area contributed by atoms with E-state index in [1.807, 2.05) is 25.1 Å². The van der Waals surface area contributed by atoms with Crippen molar-refractivity contribution in [1.82, 2.24) is 5.32 Å². The van der Waals surface area contributed by atoms with Gasteiger partial charge in [0.25, 0.3) is 0 Å². The molecule has 1 aromatic rings. The highest BCUT2D eigenvalue weighted by atomic mass is 79.9. The van der Waals surface area contributed by atoms with Crippen molar-refractivity contribution in [3.05, 3.63) is 27.7 Å². The highest BCUT2D eigenvalue weighted by Gasteiger charge is 2.19. The van der Waals surface area contributed by atoms with Crippen molar-refractivity contribution in [1.29, 1.82) is 0 Å². The molecule has 5 heteroatoms. The molecule has 1 aliphatic carbocycles. The first-order valence-electron chi connectivity index (χ1n) is 7.08. The van der Waals surface area contributed by atoms with E-state index in [4.69, 9.17) is 11.6 Å². The molecule has 0 spiro atoms. The first kappa shape index (κ1) is 15.6. The van der Waals surface area contributed by atoms with Crippen molar-refractivity contribution in [3.63, 3.8) is 0 Å². The van der Waals surface area contributed by atoms with Crippen LogP contribution in [0.1, 0.15) is 39.0 Å². The Balaban J connectivity index is 1.89. The smallest absolute Gasteiger partial charge is 0.242 e. The van der Waals surface area contributed by atoms with Gasteiger partial charge in [0.2, 0.25) is 5.91 Å². The molecule has 0 aliphatic heterocycles. The van der Waals surface area contributed by atoms with E-state index in [9.17, 15) is 4.79 Å². The van der Waals surface area contributed by atoms with Gasteiger partial charge < -0.3 is 10.6 Å². The molecule has 0 heterocycles. The van der Waals surface area contributed by atoms with Crippen molar-refractivity contribution in [2.75, 3.05) is 5.32 Å². The number of carbonyl (C=O) groups excluding carboxylic acids is 1. The van der Waals surface area contributed by atoms with Crippen LogP contribution in [0.4, 0.5) is 5.69 Å². The second-order valence-corrected chi connectivity index (χ2v) is 6.66. The van der Waals surface area contributed by atoms with Gasteiger partial charge in [0.15, 0.2) is 0 Å². The Bertz CT molecular complexity index is 475. The average molecular weight is 360 g/mol. The van der Waals surface area contributed by atoms with Crippen LogP contribution in [0.5, 0.6) is 0 Å². The Kier molecular flexibility index (Phi) is 5.73. The molecule has 1 aliphatic rings. The van der Waals surface area contributed by atoms with Crippen LogP contribution >= 0.6 is 27.5 Å². The SMILES string of the molecule is CC(Nc1ccc(Br)cc1Cl)C(=O)NC1CCCCC1. The summed E-state index contributed by atoms with van der Waals surface area (Å²) in [6.45, 7) is 1.86. The van der Waals surface area contributed by atoms with Crippen molar-refractivity contribution in [3.8, 4) is 0 Å². The fraction of sp³-hybridized carbons (Fsp3) is 0.533. The van der Waals surface area contributed by atoms with Crippen LogP contribution in [0.3, 0.4) is 0 Å². The van der Waals surface area contributed by atoms with Gasteiger partial charge in [-0.25, -0.2) is 0 Å². The van der Waals surface area contributed by atoms with E-state index in [-0.39, 0.29) is 11.9 Å². The normalized spacial score (nSPS) is 17.6. The maximum atomic E-state index is 12.2. The summed E-state index contributed by atoms with van der Waals surface area (Å²) < 4.78 is 0.923. The molecule has 1 unspecified atom stereocenters. The lowest BCUT2D eigenvalue weighted by atomic mass is 9.95. The van der Waals surface area contributed by atoms with Gasteiger partial charge in [0.05, 0.1) is 10.7 Å². The van der Waals surface area contributed by atoms with E-state index in [0.29, 0.717) is 11.1 Å². The second-order valence-electron chi connectivity index (χ2n) is 5.33. The molecular weight excluding hydrogens is 340 g/mol. The Morgan fingerprint density at radius 1 is 1.35 bits per heavy atom. The van der Waals surface area contributed by atoms with E-state index in [1.54, 1.807) is 0 Å². The van der Waals surface area contributed by atoms with Crippen LogP contribution in [0.2, 0.25) is 5.02 Å². The van der Waals surface area contributed by atoms with E-state index >= 15 is 0 Å². The molecule has 1 fully saturated rings. The zero-order valence-electron chi connectivity index (χ0n) is 11.6. The lowest BCUT2D eigenvalue weighted by molar-refractivity contribution is -0.122. The number of halogens is 2. The van der Waals surface area contributed by atoms with Crippen molar-refractivity contribution in [2.45, 2.75) is 51.1 Å². The third-order valence-electron chi connectivity index (χ3n) is 3.65. The molecule has 20 heavy (non-hydrogen) atoms. The average Bonchev–Trinajstić information content (AvgIpc) is 2.43. The van der Waals surface area contributed by atoms with Gasteiger partial charge in [-0.2, -0.15) is 0 Å². The number of benzene rings is 1. The van der Waals surface area contributed by atoms with Crippen LogP contribution in [-0.2, 0) is 4.79 Å². The lowest BCUT2D eigenvalue weighted by Crippen LogP contribution is -2.44. The lowest BCUT2D eigenvalue weighted by Gasteiger charge is -2.25. The summed E-state index contributed by atoms with van der Waals surface area (Å²) in [6, 6.07) is 5.63. The number of amides is 1. The fourth-order valence-electron chi connectivity index (χ4n) is 2.48. The number of rotatable bonds is 4. The monoisotopic (exact) mass is 358 g/mol. The summed E-state index contributed by atoms with van der Waals surface area (Å²) in [5.74, 6) is 0.0379. The van der Waals surface area contributed by atoms with Crippen molar-refractivity contribution >= 4 is 39.1 Å². The first-order valence-corrected chi connectivity index (χ1v) is 8.25. The quantitative estimate of drug-likeness (QED) is 0.839. The number of hydrogen-bond donors (Lipinski definition) is 2. The van der Waals surface area contributed by atoms with Gasteiger partial charge in [0, 0.05) is 10.5 Å². The maximum Gasteiger partial charge on any atom is 0.242 e. The Morgan fingerprint density at radius 3 is 2.70 bits per heavy atom. The van der Waals surface area contributed by atoms with Crippen LogP contribution in [0.25, 0.3) is 0 Å². The van der Waals surface area contributed by atoms with E-state index in [1.165, 1.54) is 19.3 Å². The molecule has 0 saturated heterocycles. The molecule has 1 aromatic carbocycles. The van der Waals surface area contributed by atoms with Crippen LogP contribution in [0, 0.1) is 0 Å². The molecule has 0 radical (unpaired) electrons. The fourth-order valence-corrected chi connectivity index (χ4v) is 3.21. The molecule has 0 bridgehead atoms. The third kappa shape index (κ3) is 4.38. The topological polar surface area (TPSA) is 41.1 Å². The minimum Gasteiger partial charge on any atom is -0.373 e. The van der Waals surface area contributed by atoms with Crippen LogP contribution in [-0.4, -0.2) is 18.0 Å². The summed E-state index contributed by atoms with van der Waals surface area (Å²) in [7, 11) is 0. The van der Waals surface area contributed by atoms with E-state index in [0.717, 1.165) is 23.0 Å². The standard InChI is InChI=1S/C15H20BrClN2O/c1-10(15(20)19-12-5-3-2-4-6-12)18-14-8-7-11(16)9-13(14)17/h7-10,12,18H,2-6H2,1H3,(H,19,20). The van der Waals surface area contributed by atoms with Crippen molar-refractivity contribution < 1.29 is 4.79 Å². The second kappa shape index (κ2) is 7.32. The molecule has 3 nitrogen and oxygen atoms in total. The number of anilines is 1. The highest BCUT2D eigenvalue weighted by Crippen LogP contribution is 2.26.